The van der Waals surface area contributed by atoms with Crippen LogP contribution in [0.25, 0.3) is 0 Å². The summed E-state index contributed by atoms with van der Waals surface area (Å²) in [6.07, 6.45) is 4.70. The predicted octanol–water partition coefficient (Wildman–Crippen LogP) is 4.14. The highest BCUT2D eigenvalue weighted by Crippen LogP contribution is 2.54. The van der Waals surface area contributed by atoms with Gasteiger partial charge in [-0.2, -0.15) is 0 Å². The molecule has 0 aliphatic rings. The standard InChI is InChI=1S/C12H27O3PS2/c1-5-7-8-11(6-2)9-15-12(10(3)4)18-16(13,14)17/h10-12H,5-9H2,1-4H3,(H2,13,14,17). The van der Waals surface area contributed by atoms with Crippen molar-refractivity contribution in [1.29, 1.82) is 0 Å². The highest BCUT2D eigenvalue weighted by molar-refractivity contribution is 8.67. The molecule has 0 aromatic rings. The van der Waals surface area contributed by atoms with Crippen molar-refractivity contribution in [3.63, 3.8) is 0 Å². The minimum Gasteiger partial charge on any atom is -0.367 e. The second-order valence-corrected chi connectivity index (χ2v) is 11.0. The van der Waals surface area contributed by atoms with Crippen molar-refractivity contribution in [1.82, 2.24) is 0 Å². The van der Waals surface area contributed by atoms with Crippen LogP contribution in [0.3, 0.4) is 0 Å². The molecule has 0 aromatic heterocycles. The lowest BCUT2D eigenvalue weighted by Gasteiger charge is -2.25. The average Bonchev–Trinajstić information content (AvgIpc) is 2.25. The SMILES string of the molecule is CCCCC(CC)COC(SP(O)(O)=S)C(C)C. The van der Waals surface area contributed by atoms with E-state index in [1.54, 1.807) is 0 Å². The van der Waals surface area contributed by atoms with E-state index in [2.05, 4.69) is 25.7 Å². The van der Waals surface area contributed by atoms with E-state index >= 15 is 0 Å². The molecule has 0 saturated heterocycles. The minimum absolute atomic E-state index is 0.221. The van der Waals surface area contributed by atoms with Crippen LogP contribution in [0.4, 0.5) is 0 Å². The second kappa shape index (κ2) is 9.73. The first-order chi connectivity index (χ1) is 8.30. The molecule has 0 aromatic carbocycles. The van der Waals surface area contributed by atoms with Gasteiger partial charge < -0.3 is 14.5 Å². The van der Waals surface area contributed by atoms with Crippen molar-refractivity contribution in [2.45, 2.75) is 58.8 Å². The minimum atomic E-state index is -3.24. The summed E-state index contributed by atoms with van der Waals surface area (Å²) in [5.74, 6) is 0.780. The smallest absolute Gasteiger partial charge is 0.244 e. The number of ether oxygens (including phenoxy) is 1. The van der Waals surface area contributed by atoms with Crippen molar-refractivity contribution in [2.75, 3.05) is 6.61 Å². The Morgan fingerprint density at radius 3 is 2.28 bits per heavy atom. The molecule has 110 valence electrons. The van der Waals surface area contributed by atoms with E-state index in [4.69, 9.17) is 4.74 Å². The van der Waals surface area contributed by atoms with E-state index < -0.39 is 5.69 Å². The van der Waals surface area contributed by atoms with Gasteiger partial charge in [0.1, 0.15) is 5.44 Å². The molecule has 6 heteroatoms. The summed E-state index contributed by atoms with van der Waals surface area (Å²) in [4.78, 5) is 18.7. The Kier molecular flexibility index (Phi) is 10.2. The molecule has 0 fully saturated rings. The molecule has 0 bridgehead atoms. The molecule has 2 unspecified atom stereocenters. The van der Waals surface area contributed by atoms with Gasteiger partial charge in [0.2, 0.25) is 5.69 Å². The van der Waals surface area contributed by atoms with Crippen molar-refractivity contribution < 1.29 is 14.5 Å². The van der Waals surface area contributed by atoms with Crippen LogP contribution in [0.15, 0.2) is 0 Å². The van der Waals surface area contributed by atoms with Crippen LogP contribution in [-0.4, -0.2) is 21.8 Å². The first-order valence-electron chi connectivity index (χ1n) is 6.65. The van der Waals surface area contributed by atoms with Crippen molar-refractivity contribution in [3.8, 4) is 0 Å². The van der Waals surface area contributed by atoms with Crippen LogP contribution in [0.1, 0.15) is 53.4 Å². The third kappa shape index (κ3) is 9.76. The monoisotopic (exact) mass is 314 g/mol. The maximum absolute atomic E-state index is 9.37. The van der Waals surface area contributed by atoms with Crippen molar-refractivity contribution >= 4 is 28.9 Å². The van der Waals surface area contributed by atoms with Gasteiger partial charge in [0.15, 0.2) is 0 Å². The highest BCUT2D eigenvalue weighted by Gasteiger charge is 2.23. The Labute approximate surface area is 121 Å². The molecule has 18 heavy (non-hydrogen) atoms. The molecule has 0 spiro atoms. The fourth-order valence-corrected chi connectivity index (χ4v) is 4.75. The van der Waals surface area contributed by atoms with E-state index in [1.807, 2.05) is 13.8 Å². The van der Waals surface area contributed by atoms with Gasteiger partial charge >= 0.3 is 0 Å². The molecule has 3 nitrogen and oxygen atoms in total. The van der Waals surface area contributed by atoms with E-state index in [0.29, 0.717) is 12.5 Å². The van der Waals surface area contributed by atoms with Gasteiger partial charge in [0, 0.05) is 0 Å². The molecule has 2 N–H and O–H groups in total. The van der Waals surface area contributed by atoms with Gasteiger partial charge in [-0.15, -0.1) is 0 Å². The van der Waals surface area contributed by atoms with Gasteiger partial charge in [-0.3, -0.25) is 0 Å². The Balaban J connectivity index is 4.20. The molecular weight excluding hydrogens is 287 g/mol. The molecule has 2 atom stereocenters. The van der Waals surface area contributed by atoms with Crippen LogP contribution < -0.4 is 0 Å². The van der Waals surface area contributed by atoms with Crippen LogP contribution in [0, 0.1) is 11.8 Å². The fourth-order valence-electron chi connectivity index (χ4n) is 1.61. The van der Waals surface area contributed by atoms with Crippen LogP contribution >= 0.6 is 17.1 Å². The van der Waals surface area contributed by atoms with Crippen molar-refractivity contribution in [3.05, 3.63) is 0 Å². The molecular formula is C12H27O3PS2. The summed E-state index contributed by atoms with van der Waals surface area (Å²) in [5, 5.41) is 0. The Bertz CT molecular complexity index is 256. The summed E-state index contributed by atoms with van der Waals surface area (Å²) >= 11 is 5.66. The molecule has 0 rings (SSSR count). The van der Waals surface area contributed by atoms with Gasteiger partial charge in [0.05, 0.1) is 6.61 Å². The number of unbranched alkanes of at least 4 members (excludes halogenated alkanes) is 1. The summed E-state index contributed by atoms with van der Waals surface area (Å²) in [7, 11) is 0. The zero-order chi connectivity index (χ0) is 14.2. The number of rotatable bonds is 10. The Morgan fingerprint density at radius 2 is 1.89 bits per heavy atom. The first kappa shape index (κ1) is 18.9. The lowest BCUT2D eigenvalue weighted by atomic mass is 10.0. The largest absolute Gasteiger partial charge is 0.367 e. The van der Waals surface area contributed by atoms with Gasteiger partial charge in [0.25, 0.3) is 0 Å². The lowest BCUT2D eigenvalue weighted by molar-refractivity contribution is 0.0534. The predicted molar refractivity (Wildman–Crippen MR) is 84.2 cm³/mol. The molecule has 0 amide bonds. The molecule has 0 heterocycles. The van der Waals surface area contributed by atoms with E-state index in [9.17, 15) is 9.79 Å². The average molecular weight is 314 g/mol. The number of hydrogen-bond donors (Lipinski definition) is 2. The lowest BCUT2D eigenvalue weighted by Crippen LogP contribution is -2.20. The Hall–Kier alpha value is 0.880. The second-order valence-electron chi connectivity index (χ2n) is 4.96. The van der Waals surface area contributed by atoms with E-state index in [-0.39, 0.29) is 11.4 Å². The van der Waals surface area contributed by atoms with Gasteiger partial charge in [-0.1, -0.05) is 47.0 Å². The third-order valence-electron chi connectivity index (χ3n) is 2.83. The molecule has 0 aliphatic heterocycles. The molecule has 0 aliphatic carbocycles. The Morgan fingerprint density at radius 1 is 1.28 bits per heavy atom. The summed E-state index contributed by atoms with van der Waals surface area (Å²) in [6, 6.07) is 0. The van der Waals surface area contributed by atoms with Crippen molar-refractivity contribution in [2.24, 2.45) is 11.8 Å². The summed E-state index contributed by atoms with van der Waals surface area (Å²) in [6.45, 7) is 9.06. The topological polar surface area (TPSA) is 49.7 Å². The zero-order valence-corrected chi connectivity index (χ0v) is 14.4. The third-order valence-corrected chi connectivity index (χ3v) is 6.21. The maximum Gasteiger partial charge on any atom is 0.244 e. The fraction of sp³-hybridized carbons (Fsp3) is 1.00. The van der Waals surface area contributed by atoms with Gasteiger partial charge in [-0.05, 0) is 41.4 Å². The zero-order valence-electron chi connectivity index (χ0n) is 11.8. The maximum atomic E-state index is 9.37. The first-order valence-corrected chi connectivity index (χ1v) is 10.8. The van der Waals surface area contributed by atoms with E-state index in [0.717, 1.165) is 17.8 Å². The molecule has 0 saturated carbocycles. The van der Waals surface area contributed by atoms with Gasteiger partial charge in [-0.25, -0.2) is 0 Å². The normalized spacial score (nSPS) is 15.9. The van der Waals surface area contributed by atoms with E-state index in [1.165, 1.54) is 19.3 Å². The highest BCUT2D eigenvalue weighted by atomic mass is 32.9. The van der Waals surface area contributed by atoms with Crippen LogP contribution in [0.2, 0.25) is 0 Å². The molecule has 0 radical (unpaired) electrons. The van der Waals surface area contributed by atoms with Crippen LogP contribution in [-0.2, 0) is 16.5 Å². The van der Waals surface area contributed by atoms with Crippen LogP contribution in [0.5, 0.6) is 0 Å². The quantitative estimate of drug-likeness (QED) is 0.469. The summed E-state index contributed by atoms with van der Waals surface area (Å²) in [5.41, 5.74) is -3.46. The number of hydrogen-bond acceptors (Lipinski definition) is 3. The summed E-state index contributed by atoms with van der Waals surface area (Å²) < 4.78 is 5.83.